The predicted molar refractivity (Wildman–Crippen MR) is 113 cm³/mol. The Morgan fingerprint density at radius 2 is 1.04 bits per heavy atom. The molecule has 0 aliphatic carbocycles. The van der Waals surface area contributed by atoms with Crippen molar-refractivity contribution in [3.05, 3.63) is 0 Å². The van der Waals surface area contributed by atoms with Gasteiger partial charge in [-0.05, 0) is 13.0 Å². The summed E-state index contributed by atoms with van der Waals surface area (Å²) in [5.41, 5.74) is 0. The van der Waals surface area contributed by atoms with Crippen molar-refractivity contribution in [2.45, 2.75) is 90.4 Å². The second kappa shape index (κ2) is 27.5. The van der Waals surface area contributed by atoms with Gasteiger partial charge in [0.1, 0.15) is 0 Å². The fourth-order valence-corrected chi connectivity index (χ4v) is 2.69. The number of hydrogen-bond acceptors (Lipinski definition) is 5. The Bertz CT molecular complexity index is 275. The first-order valence-electron chi connectivity index (χ1n) is 11.0. The molecule has 0 amide bonds. The average molecular weight is 391 g/mol. The Morgan fingerprint density at radius 1 is 0.630 bits per heavy atom. The van der Waals surface area contributed by atoms with Crippen LogP contribution in [0, 0.1) is 0 Å². The summed E-state index contributed by atoms with van der Waals surface area (Å²) in [4.78, 5) is 10.3. The molecule has 0 saturated heterocycles. The van der Waals surface area contributed by atoms with Crippen LogP contribution >= 0.6 is 0 Å². The topological polar surface area (TPSA) is 102 Å². The summed E-state index contributed by atoms with van der Waals surface area (Å²) < 4.78 is 0. The van der Waals surface area contributed by atoms with Crippen LogP contribution in [0.25, 0.3) is 0 Å². The largest absolute Gasteiger partial charge is 0.481 e. The SMILES string of the molecule is CCCCCCCCCCCCCCNCCC(=O)O.OCCNCCO. The number of unbranched alkanes of at least 4 members (excludes halogenated alkanes) is 11. The molecule has 0 saturated carbocycles. The Kier molecular flexibility index (Phi) is 29.1. The molecule has 27 heavy (non-hydrogen) atoms. The lowest BCUT2D eigenvalue weighted by molar-refractivity contribution is -0.136. The summed E-state index contributed by atoms with van der Waals surface area (Å²) in [6.07, 6.45) is 16.6. The second-order valence-corrected chi connectivity index (χ2v) is 6.98. The monoisotopic (exact) mass is 390 g/mol. The van der Waals surface area contributed by atoms with Crippen LogP contribution in [0.4, 0.5) is 0 Å². The van der Waals surface area contributed by atoms with Crippen LogP contribution in [0.2, 0.25) is 0 Å². The van der Waals surface area contributed by atoms with Crippen LogP contribution in [-0.2, 0) is 4.79 Å². The number of carbonyl (C=O) groups is 1. The lowest BCUT2D eigenvalue weighted by Crippen LogP contribution is -2.21. The highest BCUT2D eigenvalue weighted by Gasteiger charge is 1.96. The number of aliphatic carboxylic acids is 1. The zero-order chi connectivity index (χ0) is 20.4. The summed E-state index contributed by atoms with van der Waals surface area (Å²) in [5, 5.41) is 30.7. The van der Waals surface area contributed by atoms with Crippen molar-refractivity contribution >= 4 is 5.97 Å². The van der Waals surface area contributed by atoms with Crippen molar-refractivity contribution in [3.63, 3.8) is 0 Å². The van der Waals surface area contributed by atoms with Crippen LogP contribution in [-0.4, -0.2) is 60.7 Å². The Balaban J connectivity index is 0. The molecule has 6 heteroatoms. The fourth-order valence-electron chi connectivity index (χ4n) is 2.69. The number of carboxylic acid groups (broad SMARTS) is 1. The molecule has 0 aromatic heterocycles. The van der Waals surface area contributed by atoms with Gasteiger partial charge in [-0.25, -0.2) is 0 Å². The minimum Gasteiger partial charge on any atom is -0.481 e. The molecule has 5 N–H and O–H groups in total. The van der Waals surface area contributed by atoms with E-state index in [0.29, 0.717) is 19.6 Å². The van der Waals surface area contributed by atoms with Crippen molar-refractivity contribution in [3.8, 4) is 0 Å². The molecule has 0 aliphatic rings. The lowest BCUT2D eigenvalue weighted by atomic mass is 10.1. The minimum absolute atomic E-state index is 0.139. The maximum absolute atomic E-state index is 10.3. The molecule has 0 heterocycles. The number of carboxylic acids is 1. The molecule has 6 nitrogen and oxygen atoms in total. The van der Waals surface area contributed by atoms with Crippen LogP contribution in [0.3, 0.4) is 0 Å². The van der Waals surface area contributed by atoms with Gasteiger partial charge in [0, 0.05) is 19.6 Å². The van der Waals surface area contributed by atoms with Gasteiger partial charge in [-0.3, -0.25) is 4.79 Å². The predicted octanol–water partition coefficient (Wildman–Crippen LogP) is 3.31. The normalized spacial score (nSPS) is 10.5. The molecule has 164 valence electrons. The third-order valence-corrected chi connectivity index (χ3v) is 4.30. The van der Waals surface area contributed by atoms with Gasteiger partial charge in [-0.15, -0.1) is 0 Å². The molecule has 0 aliphatic heterocycles. The van der Waals surface area contributed by atoms with Crippen molar-refractivity contribution < 1.29 is 20.1 Å². The average Bonchev–Trinajstić information content (AvgIpc) is 2.65. The highest BCUT2D eigenvalue weighted by molar-refractivity contribution is 5.66. The molecule has 0 bridgehead atoms. The Morgan fingerprint density at radius 3 is 1.44 bits per heavy atom. The molecule has 0 aromatic rings. The number of nitrogens with one attached hydrogen (secondary N) is 2. The Labute approximate surface area is 167 Å². The van der Waals surface area contributed by atoms with E-state index in [9.17, 15) is 4.79 Å². The molecule has 0 aromatic carbocycles. The molecular formula is C21H46N2O4. The van der Waals surface area contributed by atoms with Crippen molar-refractivity contribution in [1.82, 2.24) is 10.6 Å². The summed E-state index contributed by atoms with van der Waals surface area (Å²) in [6, 6.07) is 0. The van der Waals surface area contributed by atoms with Gasteiger partial charge in [0.2, 0.25) is 0 Å². The number of hydrogen-bond donors (Lipinski definition) is 5. The number of aliphatic hydroxyl groups is 2. The number of aliphatic hydroxyl groups excluding tert-OH is 2. The van der Waals surface area contributed by atoms with Crippen LogP contribution in [0.5, 0.6) is 0 Å². The molecule has 0 radical (unpaired) electrons. The number of rotatable bonds is 20. The van der Waals surface area contributed by atoms with Gasteiger partial charge >= 0.3 is 5.97 Å². The van der Waals surface area contributed by atoms with E-state index in [1.165, 1.54) is 77.0 Å². The zero-order valence-corrected chi connectivity index (χ0v) is 17.7. The first kappa shape index (κ1) is 28.5. The van der Waals surface area contributed by atoms with Crippen molar-refractivity contribution in [1.29, 1.82) is 0 Å². The quantitative estimate of drug-likeness (QED) is 0.204. The summed E-state index contributed by atoms with van der Waals surface area (Å²) in [5.74, 6) is -0.716. The van der Waals surface area contributed by atoms with E-state index in [1.807, 2.05) is 0 Å². The van der Waals surface area contributed by atoms with Crippen molar-refractivity contribution in [2.24, 2.45) is 0 Å². The molecule has 0 unspecified atom stereocenters. The first-order chi connectivity index (χ1) is 13.2. The lowest BCUT2D eigenvalue weighted by Gasteiger charge is -2.04. The van der Waals surface area contributed by atoms with E-state index < -0.39 is 5.97 Å². The van der Waals surface area contributed by atoms with E-state index >= 15 is 0 Å². The van der Waals surface area contributed by atoms with Crippen molar-refractivity contribution in [2.75, 3.05) is 39.4 Å². The van der Waals surface area contributed by atoms with Gasteiger partial charge in [-0.2, -0.15) is 0 Å². The standard InChI is InChI=1S/C17H35NO2.C4H11NO2/c1-2-3-4-5-6-7-8-9-10-11-12-13-15-18-16-14-17(19)20;6-3-1-5-2-4-7/h18H,2-16H2,1H3,(H,19,20);5-7H,1-4H2. The third kappa shape index (κ3) is 33.3. The van der Waals surface area contributed by atoms with Gasteiger partial charge in [0.15, 0.2) is 0 Å². The molecule has 0 spiro atoms. The third-order valence-electron chi connectivity index (χ3n) is 4.30. The first-order valence-corrected chi connectivity index (χ1v) is 11.0. The van der Waals surface area contributed by atoms with Gasteiger partial charge in [0.05, 0.1) is 19.6 Å². The van der Waals surface area contributed by atoms with Crippen LogP contribution in [0.15, 0.2) is 0 Å². The minimum atomic E-state index is -0.716. The van der Waals surface area contributed by atoms with Gasteiger partial charge < -0.3 is 26.0 Å². The Hall–Kier alpha value is -0.690. The van der Waals surface area contributed by atoms with E-state index in [1.54, 1.807) is 0 Å². The molecule has 0 atom stereocenters. The summed E-state index contributed by atoms with van der Waals surface area (Å²) >= 11 is 0. The van der Waals surface area contributed by atoms with Gasteiger partial charge in [-0.1, -0.05) is 77.6 Å². The summed E-state index contributed by atoms with van der Waals surface area (Å²) in [7, 11) is 0. The molecular weight excluding hydrogens is 344 g/mol. The zero-order valence-electron chi connectivity index (χ0n) is 17.7. The molecule has 0 rings (SSSR count). The van der Waals surface area contributed by atoms with E-state index in [-0.39, 0.29) is 19.6 Å². The fraction of sp³-hybridized carbons (Fsp3) is 0.952. The summed E-state index contributed by atoms with van der Waals surface area (Å²) in [6.45, 7) is 5.25. The van der Waals surface area contributed by atoms with E-state index in [4.69, 9.17) is 15.3 Å². The van der Waals surface area contributed by atoms with E-state index in [2.05, 4.69) is 17.6 Å². The maximum atomic E-state index is 10.3. The maximum Gasteiger partial charge on any atom is 0.304 e. The second-order valence-electron chi connectivity index (χ2n) is 6.98. The van der Waals surface area contributed by atoms with E-state index in [0.717, 1.165) is 6.54 Å². The smallest absolute Gasteiger partial charge is 0.304 e. The highest BCUT2D eigenvalue weighted by atomic mass is 16.4. The van der Waals surface area contributed by atoms with Gasteiger partial charge in [0.25, 0.3) is 0 Å². The van der Waals surface area contributed by atoms with Crippen LogP contribution < -0.4 is 10.6 Å². The molecule has 0 fully saturated rings. The van der Waals surface area contributed by atoms with Crippen LogP contribution in [0.1, 0.15) is 90.4 Å². The highest BCUT2D eigenvalue weighted by Crippen LogP contribution is 2.11.